The second-order valence-electron chi connectivity index (χ2n) is 7.44. The van der Waals surface area contributed by atoms with Crippen LogP contribution in [0.15, 0.2) is 23.0 Å². The molecule has 1 aliphatic rings. The zero-order valence-electron chi connectivity index (χ0n) is 18.5. The molecule has 0 fully saturated rings. The molecular weight excluding hydrogens is 416 g/mol. The second kappa shape index (κ2) is 11.3. The Morgan fingerprint density at radius 1 is 1.19 bits per heavy atom. The van der Waals surface area contributed by atoms with Crippen molar-refractivity contribution in [2.45, 2.75) is 26.8 Å². The van der Waals surface area contributed by atoms with Crippen molar-refractivity contribution in [3.8, 4) is 11.5 Å². The number of rotatable bonds is 11. The number of likely N-dealkylation sites (N-methyl/N-ethyl adjacent to an activating group) is 1. The summed E-state index contributed by atoms with van der Waals surface area (Å²) >= 11 is 5.66. The van der Waals surface area contributed by atoms with Gasteiger partial charge in [-0.3, -0.25) is 4.79 Å². The van der Waals surface area contributed by atoms with Gasteiger partial charge in [0.25, 0.3) is 5.56 Å². The Labute approximate surface area is 188 Å². The van der Waals surface area contributed by atoms with Crippen LogP contribution in [-0.2, 0) is 11.3 Å². The molecule has 0 saturated heterocycles. The molecule has 0 bridgehead atoms. The molecule has 2 heterocycles. The number of nitrogens with zero attached hydrogens (tertiary/aromatic N) is 2. The van der Waals surface area contributed by atoms with Crippen LogP contribution in [0.2, 0.25) is 0 Å². The number of hydrogen-bond donors (Lipinski definition) is 2. The molecule has 0 radical (unpaired) electrons. The van der Waals surface area contributed by atoms with Crippen molar-refractivity contribution in [1.29, 1.82) is 0 Å². The third-order valence-corrected chi connectivity index (χ3v) is 5.85. The van der Waals surface area contributed by atoms with E-state index >= 15 is 0 Å². The summed E-state index contributed by atoms with van der Waals surface area (Å²) in [5.74, 6) is 1.34. The van der Waals surface area contributed by atoms with Crippen LogP contribution < -0.4 is 20.3 Å². The first-order valence-electron chi connectivity index (χ1n) is 10.7. The summed E-state index contributed by atoms with van der Waals surface area (Å²) in [6.07, 6.45) is 0.865. The number of aromatic amines is 1. The van der Waals surface area contributed by atoms with Crippen LogP contribution in [0.1, 0.15) is 25.8 Å². The molecule has 0 saturated carbocycles. The van der Waals surface area contributed by atoms with Gasteiger partial charge in [0.15, 0.2) is 16.6 Å². The van der Waals surface area contributed by atoms with Gasteiger partial charge in [-0.1, -0.05) is 13.8 Å². The molecule has 0 spiro atoms. The predicted octanol–water partition coefficient (Wildman–Crippen LogP) is 2.31. The SMILES string of the molecule is CCN(CC)CCN(Cc1cc2cc3c(cc2[nH]c1=O)OCO3)C(=S)NCCCOC. The van der Waals surface area contributed by atoms with Crippen molar-refractivity contribution in [3.05, 3.63) is 34.1 Å². The van der Waals surface area contributed by atoms with Crippen LogP contribution in [0.25, 0.3) is 10.9 Å². The number of hydrogen-bond acceptors (Lipinski definition) is 6. The first kappa shape index (κ1) is 23.3. The number of methoxy groups -OCH3 is 1. The van der Waals surface area contributed by atoms with Crippen molar-refractivity contribution in [2.24, 2.45) is 0 Å². The van der Waals surface area contributed by atoms with Crippen LogP contribution in [0.3, 0.4) is 0 Å². The van der Waals surface area contributed by atoms with Crippen LogP contribution in [-0.4, -0.2) is 73.1 Å². The van der Waals surface area contributed by atoms with Crippen LogP contribution in [0.5, 0.6) is 11.5 Å². The van der Waals surface area contributed by atoms with Gasteiger partial charge in [0.1, 0.15) is 0 Å². The standard InChI is InChI=1S/C22H32N4O4S/c1-4-25(5-2)8-9-26(22(31)23-7-6-10-28-3)14-17-11-16-12-19-20(30-15-29-19)13-18(16)24-21(17)27/h11-13H,4-10,14-15H2,1-3H3,(H,23,31)(H,24,27). The van der Waals surface area contributed by atoms with Gasteiger partial charge in [0.05, 0.1) is 12.1 Å². The molecule has 0 unspecified atom stereocenters. The zero-order chi connectivity index (χ0) is 22.2. The summed E-state index contributed by atoms with van der Waals surface area (Å²) in [5.41, 5.74) is 1.27. The topological polar surface area (TPSA) is 79.1 Å². The van der Waals surface area contributed by atoms with Crippen LogP contribution in [0.4, 0.5) is 0 Å². The van der Waals surface area contributed by atoms with E-state index in [0.29, 0.717) is 35.3 Å². The van der Waals surface area contributed by atoms with E-state index in [1.54, 1.807) is 7.11 Å². The molecular formula is C22H32N4O4S. The highest BCUT2D eigenvalue weighted by Gasteiger charge is 2.17. The summed E-state index contributed by atoms with van der Waals surface area (Å²) in [5, 5.41) is 4.85. The van der Waals surface area contributed by atoms with Gasteiger partial charge in [-0.25, -0.2) is 0 Å². The average molecular weight is 449 g/mol. The Kier molecular flexibility index (Phi) is 8.51. The minimum Gasteiger partial charge on any atom is -0.454 e. The molecule has 0 amide bonds. The molecule has 3 rings (SSSR count). The number of fused-ring (bicyclic) bond motifs is 2. The number of ether oxygens (including phenoxy) is 3. The fraction of sp³-hybridized carbons (Fsp3) is 0.545. The second-order valence-corrected chi connectivity index (χ2v) is 7.83. The van der Waals surface area contributed by atoms with Crippen LogP contribution in [0, 0.1) is 0 Å². The van der Waals surface area contributed by atoms with E-state index in [2.05, 4.69) is 33.9 Å². The molecule has 9 heteroatoms. The molecule has 170 valence electrons. The highest BCUT2D eigenvalue weighted by molar-refractivity contribution is 7.80. The normalized spacial score (nSPS) is 12.5. The first-order chi connectivity index (χ1) is 15.0. The Morgan fingerprint density at radius 2 is 1.94 bits per heavy atom. The lowest BCUT2D eigenvalue weighted by atomic mass is 10.1. The van der Waals surface area contributed by atoms with Crippen molar-refractivity contribution in [3.63, 3.8) is 0 Å². The van der Waals surface area contributed by atoms with Gasteiger partial charge in [-0.05, 0) is 43.9 Å². The molecule has 0 atom stereocenters. The summed E-state index contributed by atoms with van der Waals surface area (Å²) in [7, 11) is 1.69. The lowest BCUT2D eigenvalue weighted by molar-refractivity contribution is 0.174. The predicted molar refractivity (Wildman–Crippen MR) is 126 cm³/mol. The summed E-state index contributed by atoms with van der Waals surface area (Å²) in [6.45, 7) is 9.88. The van der Waals surface area contributed by atoms with Crippen molar-refractivity contribution < 1.29 is 14.2 Å². The third kappa shape index (κ3) is 6.09. The average Bonchev–Trinajstić information content (AvgIpc) is 3.22. The Morgan fingerprint density at radius 3 is 2.65 bits per heavy atom. The van der Waals surface area contributed by atoms with Gasteiger partial charge in [-0.15, -0.1) is 0 Å². The highest BCUT2D eigenvalue weighted by Crippen LogP contribution is 2.35. The van der Waals surface area contributed by atoms with E-state index in [1.807, 2.05) is 18.2 Å². The molecule has 2 aromatic rings. The van der Waals surface area contributed by atoms with Gasteiger partial charge in [0, 0.05) is 50.4 Å². The van der Waals surface area contributed by atoms with Gasteiger partial charge in [0.2, 0.25) is 6.79 Å². The van der Waals surface area contributed by atoms with E-state index in [-0.39, 0.29) is 12.4 Å². The quantitative estimate of drug-likeness (QED) is 0.401. The van der Waals surface area contributed by atoms with E-state index in [1.165, 1.54) is 0 Å². The minimum atomic E-state index is -0.124. The van der Waals surface area contributed by atoms with Crippen molar-refractivity contribution in [2.75, 3.05) is 53.2 Å². The van der Waals surface area contributed by atoms with E-state index in [9.17, 15) is 4.79 Å². The fourth-order valence-corrected chi connectivity index (χ4v) is 3.80. The van der Waals surface area contributed by atoms with E-state index in [4.69, 9.17) is 26.4 Å². The monoisotopic (exact) mass is 448 g/mol. The number of nitrogens with one attached hydrogen (secondary N) is 2. The summed E-state index contributed by atoms with van der Waals surface area (Å²) < 4.78 is 16.0. The Balaban J connectivity index is 1.78. The fourth-order valence-electron chi connectivity index (χ4n) is 3.54. The minimum absolute atomic E-state index is 0.124. The molecule has 0 aliphatic carbocycles. The van der Waals surface area contributed by atoms with E-state index < -0.39 is 0 Å². The smallest absolute Gasteiger partial charge is 0.253 e. The maximum Gasteiger partial charge on any atom is 0.253 e. The summed E-state index contributed by atoms with van der Waals surface area (Å²) in [6, 6.07) is 5.62. The number of pyridine rings is 1. The zero-order valence-corrected chi connectivity index (χ0v) is 19.3. The lowest BCUT2D eigenvalue weighted by Gasteiger charge is -2.29. The van der Waals surface area contributed by atoms with Crippen LogP contribution >= 0.6 is 12.2 Å². The van der Waals surface area contributed by atoms with Gasteiger partial charge < -0.3 is 34.3 Å². The summed E-state index contributed by atoms with van der Waals surface area (Å²) in [4.78, 5) is 20.2. The first-order valence-corrected chi connectivity index (χ1v) is 11.2. The molecule has 2 N–H and O–H groups in total. The third-order valence-electron chi connectivity index (χ3n) is 5.44. The van der Waals surface area contributed by atoms with E-state index in [0.717, 1.165) is 50.0 Å². The highest BCUT2D eigenvalue weighted by atomic mass is 32.1. The maximum absolute atomic E-state index is 12.8. The van der Waals surface area contributed by atoms with Gasteiger partial charge >= 0.3 is 0 Å². The maximum atomic E-state index is 12.8. The largest absolute Gasteiger partial charge is 0.454 e. The number of benzene rings is 1. The molecule has 1 aromatic carbocycles. The number of thiocarbonyl (C=S) groups is 1. The Hall–Kier alpha value is -2.36. The molecule has 1 aliphatic heterocycles. The van der Waals surface area contributed by atoms with Crippen molar-refractivity contribution >= 4 is 28.2 Å². The molecule has 31 heavy (non-hydrogen) atoms. The Bertz CT molecular complexity index is 945. The number of H-pyrrole nitrogens is 1. The van der Waals surface area contributed by atoms with Crippen molar-refractivity contribution in [1.82, 2.24) is 20.1 Å². The molecule has 8 nitrogen and oxygen atoms in total. The van der Waals surface area contributed by atoms with Gasteiger partial charge in [-0.2, -0.15) is 0 Å². The lowest BCUT2D eigenvalue weighted by Crippen LogP contribution is -2.44. The number of aromatic nitrogens is 1. The molecule has 1 aromatic heterocycles.